The largest absolute Gasteiger partial charge is 0.464 e. The minimum Gasteiger partial charge on any atom is -0.464 e. The first-order chi connectivity index (χ1) is 9.06. The van der Waals surface area contributed by atoms with Gasteiger partial charge in [-0.2, -0.15) is 0 Å². The number of nitrogens with one attached hydrogen (secondary N) is 2. The summed E-state index contributed by atoms with van der Waals surface area (Å²) >= 11 is 5.45. The van der Waals surface area contributed by atoms with Crippen LogP contribution in [-0.4, -0.2) is 42.3 Å². The minimum absolute atomic E-state index is 0.249. The lowest BCUT2D eigenvalue weighted by atomic mass is 10.1. The second-order valence-corrected chi connectivity index (χ2v) is 4.46. The minimum atomic E-state index is -1.29. The van der Waals surface area contributed by atoms with Gasteiger partial charge >= 0.3 is 5.97 Å². The molecule has 0 aliphatic heterocycles. The van der Waals surface area contributed by atoms with Crippen LogP contribution in [0.3, 0.4) is 0 Å². The normalized spacial score (nSPS) is 13.7. The molecule has 19 heavy (non-hydrogen) atoms. The average Bonchev–Trinajstić information content (AvgIpc) is 2.41. The summed E-state index contributed by atoms with van der Waals surface area (Å²) in [4.78, 5) is 25.2. The molecule has 0 rings (SSSR count). The van der Waals surface area contributed by atoms with Gasteiger partial charge in [0.05, 0.1) is 12.6 Å². The summed E-state index contributed by atoms with van der Waals surface area (Å²) in [5.74, 6) is -1.15. The van der Waals surface area contributed by atoms with Gasteiger partial charge in [0.15, 0.2) is 0 Å². The summed E-state index contributed by atoms with van der Waals surface area (Å²) < 4.78 is 4.87. The van der Waals surface area contributed by atoms with Gasteiger partial charge in [-0.3, -0.25) is 9.59 Å². The Bertz CT molecular complexity index is 276. The molecule has 0 aliphatic rings. The number of aliphatic hydroxyl groups is 1. The molecule has 2 unspecified atom stereocenters. The fourth-order valence-electron chi connectivity index (χ4n) is 1.41. The number of carbonyl (C=O) groups excluding carboxylic acids is 2. The van der Waals surface area contributed by atoms with Crippen LogP contribution in [-0.2, 0) is 14.3 Å². The third-order valence-electron chi connectivity index (χ3n) is 2.56. The van der Waals surface area contributed by atoms with Crippen LogP contribution in [0.2, 0.25) is 0 Å². The summed E-state index contributed by atoms with van der Waals surface area (Å²) in [6.07, 6.45) is 1.75. The number of unbranched alkanes of at least 4 members (excludes halogenated alkanes) is 1. The fraction of sp³-hybridized carbons (Fsp3) is 0.833. The summed E-state index contributed by atoms with van der Waals surface area (Å²) in [6, 6.07) is -0.539. The standard InChI is InChI=1S/C12H23ClN2O4/c1-3-5-7-19-10(16)8-14-12(18)11(17)9(15-13)6-4-2/h9,11,15,17H,3-8H2,1-2H3,(H,14,18). The zero-order valence-electron chi connectivity index (χ0n) is 11.4. The van der Waals surface area contributed by atoms with Crippen molar-refractivity contribution in [3.05, 3.63) is 0 Å². The van der Waals surface area contributed by atoms with Crippen molar-refractivity contribution >= 4 is 23.7 Å². The molecular formula is C12H23ClN2O4. The van der Waals surface area contributed by atoms with E-state index in [0.29, 0.717) is 13.0 Å². The van der Waals surface area contributed by atoms with Gasteiger partial charge in [0.1, 0.15) is 12.6 Å². The lowest BCUT2D eigenvalue weighted by Crippen LogP contribution is -2.47. The van der Waals surface area contributed by atoms with Gasteiger partial charge in [-0.05, 0) is 24.6 Å². The number of rotatable bonds is 10. The van der Waals surface area contributed by atoms with Crippen molar-refractivity contribution in [3.63, 3.8) is 0 Å². The number of aliphatic hydroxyl groups excluding tert-OH is 1. The summed E-state index contributed by atoms with van der Waals surface area (Å²) in [6.45, 7) is 3.99. The van der Waals surface area contributed by atoms with Crippen molar-refractivity contribution < 1.29 is 19.4 Å². The van der Waals surface area contributed by atoms with Crippen LogP contribution in [0, 0.1) is 0 Å². The average molecular weight is 295 g/mol. The lowest BCUT2D eigenvalue weighted by Gasteiger charge is -2.19. The Morgan fingerprint density at radius 2 is 2.00 bits per heavy atom. The molecule has 7 heteroatoms. The molecule has 0 saturated heterocycles. The van der Waals surface area contributed by atoms with Gasteiger partial charge in [-0.15, -0.1) is 0 Å². The second kappa shape index (κ2) is 11.0. The SMILES string of the molecule is CCCCOC(=O)CNC(=O)C(O)C(CCC)NCl. The Balaban J connectivity index is 3.98. The van der Waals surface area contributed by atoms with Gasteiger partial charge in [-0.1, -0.05) is 26.7 Å². The summed E-state index contributed by atoms with van der Waals surface area (Å²) in [7, 11) is 0. The Kier molecular flexibility index (Phi) is 10.5. The number of hydrogen-bond acceptors (Lipinski definition) is 5. The Morgan fingerprint density at radius 1 is 1.32 bits per heavy atom. The van der Waals surface area contributed by atoms with Crippen molar-refractivity contribution in [3.8, 4) is 0 Å². The third kappa shape index (κ3) is 8.02. The molecule has 0 spiro atoms. The molecule has 1 amide bonds. The van der Waals surface area contributed by atoms with E-state index in [-0.39, 0.29) is 6.54 Å². The number of halogens is 1. The quantitative estimate of drug-likeness (QED) is 0.314. The van der Waals surface area contributed by atoms with Crippen molar-refractivity contribution in [2.75, 3.05) is 13.2 Å². The lowest BCUT2D eigenvalue weighted by molar-refractivity contribution is -0.145. The predicted molar refractivity (Wildman–Crippen MR) is 72.6 cm³/mol. The Morgan fingerprint density at radius 3 is 2.53 bits per heavy atom. The molecule has 2 atom stereocenters. The van der Waals surface area contributed by atoms with E-state index >= 15 is 0 Å². The Hall–Kier alpha value is -0.850. The van der Waals surface area contributed by atoms with E-state index in [1.165, 1.54) is 0 Å². The zero-order valence-corrected chi connectivity index (χ0v) is 12.2. The van der Waals surface area contributed by atoms with Crippen molar-refractivity contribution in [2.24, 2.45) is 0 Å². The third-order valence-corrected chi connectivity index (χ3v) is 2.84. The second-order valence-electron chi connectivity index (χ2n) is 4.24. The molecule has 0 aromatic carbocycles. The molecule has 112 valence electrons. The molecule has 0 fully saturated rings. The predicted octanol–water partition coefficient (Wildman–Crippen LogP) is 0.719. The molecule has 3 N–H and O–H groups in total. The van der Waals surface area contributed by atoms with Crippen LogP contribution in [0.5, 0.6) is 0 Å². The van der Waals surface area contributed by atoms with E-state index in [4.69, 9.17) is 16.5 Å². The fourth-order valence-corrected chi connectivity index (χ4v) is 1.64. The van der Waals surface area contributed by atoms with Gasteiger partial charge in [0.2, 0.25) is 0 Å². The molecular weight excluding hydrogens is 272 g/mol. The van der Waals surface area contributed by atoms with Crippen LogP contribution in [0.1, 0.15) is 39.5 Å². The molecule has 0 aliphatic carbocycles. The highest BCUT2D eigenvalue weighted by Gasteiger charge is 2.25. The number of hydrogen-bond donors (Lipinski definition) is 3. The summed E-state index contributed by atoms with van der Waals surface area (Å²) in [5, 5.41) is 12.0. The zero-order chi connectivity index (χ0) is 14.7. The first-order valence-corrected chi connectivity index (χ1v) is 6.92. The van der Waals surface area contributed by atoms with E-state index in [2.05, 4.69) is 10.2 Å². The number of esters is 1. The maximum Gasteiger partial charge on any atom is 0.325 e. The van der Waals surface area contributed by atoms with E-state index < -0.39 is 24.0 Å². The number of carbonyl (C=O) groups is 2. The van der Waals surface area contributed by atoms with Crippen molar-refractivity contribution in [1.82, 2.24) is 10.2 Å². The van der Waals surface area contributed by atoms with Crippen LogP contribution in [0.25, 0.3) is 0 Å². The van der Waals surface area contributed by atoms with Gasteiger partial charge in [-0.25, -0.2) is 4.84 Å². The van der Waals surface area contributed by atoms with E-state index in [1.54, 1.807) is 0 Å². The van der Waals surface area contributed by atoms with Crippen molar-refractivity contribution in [1.29, 1.82) is 0 Å². The molecule has 0 aromatic heterocycles. The molecule has 6 nitrogen and oxygen atoms in total. The Labute approximate surface area is 118 Å². The first-order valence-electron chi connectivity index (χ1n) is 6.54. The van der Waals surface area contributed by atoms with Crippen LogP contribution in [0.15, 0.2) is 0 Å². The highest BCUT2D eigenvalue weighted by Crippen LogP contribution is 2.03. The van der Waals surface area contributed by atoms with E-state index in [9.17, 15) is 14.7 Å². The summed E-state index contributed by atoms with van der Waals surface area (Å²) in [5.41, 5.74) is 0. The highest BCUT2D eigenvalue weighted by atomic mass is 35.5. The molecule has 0 saturated carbocycles. The topological polar surface area (TPSA) is 87.7 Å². The van der Waals surface area contributed by atoms with Crippen LogP contribution < -0.4 is 10.2 Å². The molecule has 0 bridgehead atoms. The van der Waals surface area contributed by atoms with Crippen molar-refractivity contribution in [2.45, 2.75) is 51.7 Å². The maximum atomic E-state index is 11.6. The number of ether oxygens (including phenoxy) is 1. The first kappa shape index (κ1) is 18.1. The number of amides is 1. The van der Waals surface area contributed by atoms with Gasteiger partial charge in [0, 0.05) is 0 Å². The smallest absolute Gasteiger partial charge is 0.325 e. The highest BCUT2D eigenvalue weighted by molar-refractivity contribution is 6.13. The monoisotopic (exact) mass is 294 g/mol. The molecule has 0 radical (unpaired) electrons. The van der Waals surface area contributed by atoms with Crippen LogP contribution in [0.4, 0.5) is 0 Å². The molecule has 0 heterocycles. The molecule has 0 aromatic rings. The van der Waals surface area contributed by atoms with Gasteiger partial charge in [0.25, 0.3) is 5.91 Å². The van der Waals surface area contributed by atoms with Crippen LogP contribution >= 0.6 is 11.8 Å². The maximum absolute atomic E-state index is 11.6. The van der Waals surface area contributed by atoms with E-state index in [0.717, 1.165) is 19.3 Å². The van der Waals surface area contributed by atoms with E-state index in [1.807, 2.05) is 13.8 Å². The van der Waals surface area contributed by atoms with Gasteiger partial charge < -0.3 is 15.2 Å².